The molecule has 2 N–H and O–H groups in total. The number of benzene rings is 2. The fraction of sp³-hybridized carbons (Fsp3) is 0.211. The molecule has 0 radical (unpaired) electrons. The third-order valence-corrected chi connectivity index (χ3v) is 4.13. The van der Waals surface area contributed by atoms with Gasteiger partial charge in [0.25, 0.3) is 5.56 Å². The van der Waals surface area contributed by atoms with Crippen molar-refractivity contribution in [3.8, 4) is 5.75 Å². The number of methoxy groups -OCH3 is 1. The number of para-hydroxylation sites is 1. The molecule has 27 heavy (non-hydrogen) atoms. The van der Waals surface area contributed by atoms with Gasteiger partial charge in [-0.3, -0.25) is 18.7 Å². The number of carbonyl (C=O) groups excluding carboxylic acids is 1. The van der Waals surface area contributed by atoms with Crippen LogP contribution in [0.25, 0.3) is 10.9 Å². The SMILES string of the molecule is COc1ccc(NC(=O)Cn2c(=O)n(CCO)c(=O)c3ccccc32)cc1. The minimum absolute atomic E-state index is 0.136. The lowest BCUT2D eigenvalue weighted by atomic mass is 10.2. The number of aliphatic hydroxyl groups excluding tert-OH is 1. The van der Waals surface area contributed by atoms with Gasteiger partial charge < -0.3 is 15.2 Å². The number of rotatable bonds is 6. The van der Waals surface area contributed by atoms with Crippen LogP contribution in [0.5, 0.6) is 5.75 Å². The second-order valence-corrected chi connectivity index (χ2v) is 5.84. The highest BCUT2D eigenvalue weighted by Gasteiger charge is 2.15. The van der Waals surface area contributed by atoms with Gasteiger partial charge in [-0.15, -0.1) is 0 Å². The van der Waals surface area contributed by atoms with E-state index in [1.165, 1.54) is 4.57 Å². The van der Waals surface area contributed by atoms with E-state index in [0.29, 0.717) is 22.3 Å². The standard InChI is InChI=1S/C19H19N3O5/c1-27-14-8-6-13(7-9-14)20-17(24)12-22-16-5-3-2-4-15(16)18(25)21(10-11-23)19(22)26/h2-9,23H,10-12H2,1H3,(H,20,24). The number of amides is 1. The first-order valence-electron chi connectivity index (χ1n) is 8.32. The van der Waals surface area contributed by atoms with Crippen molar-refractivity contribution in [1.82, 2.24) is 9.13 Å². The van der Waals surface area contributed by atoms with E-state index in [0.717, 1.165) is 4.57 Å². The molecule has 0 aliphatic carbocycles. The Bertz CT molecular complexity index is 1080. The zero-order chi connectivity index (χ0) is 19.4. The second kappa shape index (κ2) is 7.88. The van der Waals surface area contributed by atoms with Gasteiger partial charge in [0, 0.05) is 5.69 Å². The van der Waals surface area contributed by atoms with Crippen molar-refractivity contribution in [2.24, 2.45) is 0 Å². The van der Waals surface area contributed by atoms with Crippen molar-refractivity contribution >= 4 is 22.5 Å². The summed E-state index contributed by atoms with van der Waals surface area (Å²) in [7, 11) is 1.55. The molecule has 3 rings (SSSR count). The first-order chi connectivity index (χ1) is 13.0. The molecule has 0 aliphatic heterocycles. The summed E-state index contributed by atoms with van der Waals surface area (Å²) in [5.41, 5.74) is -0.206. The molecule has 1 heterocycles. The number of aromatic nitrogens is 2. The summed E-state index contributed by atoms with van der Waals surface area (Å²) in [6, 6.07) is 13.4. The van der Waals surface area contributed by atoms with Crippen LogP contribution in [0.15, 0.2) is 58.1 Å². The van der Waals surface area contributed by atoms with Gasteiger partial charge in [-0.25, -0.2) is 4.79 Å². The zero-order valence-corrected chi connectivity index (χ0v) is 14.7. The molecule has 1 amide bonds. The largest absolute Gasteiger partial charge is 0.497 e. The molecule has 0 atom stereocenters. The number of fused-ring (bicyclic) bond motifs is 1. The van der Waals surface area contributed by atoms with E-state index >= 15 is 0 Å². The van der Waals surface area contributed by atoms with E-state index < -0.39 is 17.2 Å². The smallest absolute Gasteiger partial charge is 0.332 e. The molecular formula is C19H19N3O5. The first kappa shape index (κ1) is 18.4. The van der Waals surface area contributed by atoms with Gasteiger partial charge >= 0.3 is 5.69 Å². The van der Waals surface area contributed by atoms with Crippen LogP contribution in [0.3, 0.4) is 0 Å². The van der Waals surface area contributed by atoms with Crippen LogP contribution < -0.4 is 21.3 Å². The number of hydrogen-bond donors (Lipinski definition) is 2. The van der Waals surface area contributed by atoms with E-state index in [1.807, 2.05) is 0 Å². The fourth-order valence-electron chi connectivity index (χ4n) is 2.84. The van der Waals surface area contributed by atoms with Gasteiger partial charge in [0.15, 0.2) is 0 Å². The van der Waals surface area contributed by atoms with Crippen LogP contribution in [0.4, 0.5) is 5.69 Å². The maximum absolute atomic E-state index is 12.7. The van der Waals surface area contributed by atoms with E-state index in [2.05, 4.69) is 5.32 Å². The molecule has 0 saturated heterocycles. The van der Waals surface area contributed by atoms with Crippen LogP contribution in [0.2, 0.25) is 0 Å². The van der Waals surface area contributed by atoms with Gasteiger partial charge in [-0.1, -0.05) is 12.1 Å². The average Bonchev–Trinajstić information content (AvgIpc) is 2.69. The minimum atomic E-state index is -0.641. The minimum Gasteiger partial charge on any atom is -0.497 e. The van der Waals surface area contributed by atoms with Crippen molar-refractivity contribution < 1.29 is 14.6 Å². The molecule has 0 spiro atoms. The topological polar surface area (TPSA) is 103 Å². The lowest BCUT2D eigenvalue weighted by molar-refractivity contribution is -0.116. The molecule has 8 nitrogen and oxygen atoms in total. The second-order valence-electron chi connectivity index (χ2n) is 5.84. The Morgan fingerprint density at radius 1 is 1.07 bits per heavy atom. The summed E-state index contributed by atoms with van der Waals surface area (Å²) in [6.45, 7) is -0.759. The monoisotopic (exact) mass is 369 g/mol. The van der Waals surface area contributed by atoms with E-state index in [9.17, 15) is 14.4 Å². The molecule has 1 aromatic heterocycles. The molecule has 2 aromatic carbocycles. The highest BCUT2D eigenvalue weighted by atomic mass is 16.5. The fourth-order valence-corrected chi connectivity index (χ4v) is 2.84. The van der Waals surface area contributed by atoms with Crippen LogP contribution in [-0.4, -0.2) is 33.9 Å². The number of hydrogen-bond acceptors (Lipinski definition) is 5. The highest BCUT2D eigenvalue weighted by molar-refractivity contribution is 5.91. The molecular weight excluding hydrogens is 350 g/mol. The van der Waals surface area contributed by atoms with Crippen LogP contribution in [-0.2, 0) is 17.9 Å². The summed E-state index contributed by atoms with van der Waals surface area (Å²) in [4.78, 5) is 37.6. The quantitative estimate of drug-likeness (QED) is 0.669. The van der Waals surface area contributed by atoms with Crippen molar-refractivity contribution in [3.63, 3.8) is 0 Å². The lowest BCUT2D eigenvalue weighted by Gasteiger charge is -2.13. The molecule has 3 aromatic rings. The molecule has 8 heteroatoms. The van der Waals surface area contributed by atoms with Crippen molar-refractivity contribution in [2.45, 2.75) is 13.1 Å². The van der Waals surface area contributed by atoms with Crippen molar-refractivity contribution in [1.29, 1.82) is 0 Å². The third-order valence-electron chi connectivity index (χ3n) is 4.13. The summed E-state index contributed by atoms with van der Waals surface area (Å²) in [5, 5.41) is 12.2. The van der Waals surface area contributed by atoms with Gasteiger partial charge in [0.05, 0.1) is 31.2 Å². The molecule has 0 saturated carbocycles. The Kier molecular flexibility index (Phi) is 5.37. The van der Waals surface area contributed by atoms with Crippen molar-refractivity contribution in [3.05, 3.63) is 69.4 Å². The highest BCUT2D eigenvalue weighted by Crippen LogP contribution is 2.15. The zero-order valence-electron chi connectivity index (χ0n) is 14.7. The Balaban J connectivity index is 1.96. The number of carbonyl (C=O) groups is 1. The Hall–Kier alpha value is -3.39. The number of anilines is 1. The van der Waals surface area contributed by atoms with E-state index in [-0.39, 0.29) is 19.7 Å². The molecule has 0 bridgehead atoms. The summed E-state index contributed by atoms with van der Waals surface area (Å²) in [5.74, 6) is 0.243. The predicted molar refractivity (Wildman–Crippen MR) is 101 cm³/mol. The van der Waals surface area contributed by atoms with Gasteiger partial charge in [0.2, 0.25) is 5.91 Å². The van der Waals surface area contributed by atoms with Crippen LogP contribution >= 0.6 is 0 Å². The van der Waals surface area contributed by atoms with Gasteiger partial charge in [-0.2, -0.15) is 0 Å². The first-order valence-corrected chi connectivity index (χ1v) is 8.32. The summed E-state index contributed by atoms with van der Waals surface area (Å²) < 4.78 is 7.23. The number of nitrogens with zero attached hydrogens (tertiary/aromatic N) is 2. The van der Waals surface area contributed by atoms with E-state index in [1.54, 1.807) is 55.6 Å². The van der Waals surface area contributed by atoms with Crippen LogP contribution in [0.1, 0.15) is 0 Å². The maximum Gasteiger partial charge on any atom is 0.332 e. The predicted octanol–water partition coefficient (Wildman–Crippen LogP) is 0.803. The normalized spacial score (nSPS) is 10.7. The number of aliphatic hydroxyl groups is 1. The van der Waals surface area contributed by atoms with Gasteiger partial charge in [0.1, 0.15) is 12.3 Å². The van der Waals surface area contributed by atoms with Gasteiger partial charge in [-0.05, 0) is 36.4 Å². The Morgan fingerprint density at radius 2 is 1.78 bits per heavy atom. The summed E-state index contributed by atoms with van der Waals surface area (Å²) >= 11 is 0. The molecule has 0 aliphatic rings. The van der Waals surface area contributed by atoms with Crippen LogP contribution in [0, 0.1) is 0 Å². The third kappa shape index (κ3) is 3.75. The molecule has 0 fully saturated rings. The Labute approximate surface area is 154 Å². The maximum atomic E-state index is 12.7. The number of nitrogens with one attached hydrogen (secondary N) is 1. The molecule has 140 valence electrons. The number of ether oxygens (including phenoxy) is 1. The lowest BCUT2D eigenvalue weighted by Crippen LogP contribution is -2.42. The Morgan fingerprint density at radius 3 is 2.44 bits per heavy atom. The van der Waals surface area contributed by atoms with E-state index in [4.69, 9.17) is 9.84 Å². The summed E-state index contributed by atoms with van der Waals surface area (Å²) in [6.07, 6.45) is 0. The molecule has 0 unspecified atom stereocenters. The average molecular weight is 369 g/mol. The van der Waals surface area contributed by atoms with Crippen molar-refractivity contribution in [2.75, 3.05) is 19.0 Å².